The highest BCUT2D eigenvalue weighted by Gasteiger charge is 2.28. The molecular weight excluding hydrogens is 392 g/mol. The van der Waals surface area contributed by atoms with Crippen molar-refractivity contribution in [3.05, 3.63) is 88.9 Å². The summed E-state index contributed by atoms with van der Waals surface area (Å²) in [6, 6.07) is 24.5. The van der Waals surface area contributed by atoms with Crippen LogP contribution in [0.15, 0.2) is 72.8 Å². The monoisotopic (exact) mass is 410 g/mol. The molecule has 0 unspecified atom stereocenters. The molecule has 5 rings (SSSR count). The summed E-state index contributed by atoms with van der Waals surface area (Å²) >= 11 is 1.54. The molecule has 146 valence electrons. The molecule has 4 nitrogen and oxygen atoms in total. The van der Waals surface area contributed by atoms with Crippen LogP contribution in [0.4, 0.5) is 4.79 Å². The van der Waals surface area contributed by atoms with E-state index in [2.05, 4.69) is 46.4 Å². The van der Waals surface area contributed by atoms with Crippen LogP contribution in [0.2, 0.25) is 0 Å². The molecule has 5 heteroatoms. The molecule has 3 aromatic carbocycles. The summed E-state index contributed by atoms with van der Waals surface area (Å²) in [7, 11) is 0. The minimum absolute atomic E-state index is 0.0528. The Morgan fingerprint density at radius 3 is 2.37 bits per heavy atom. The van der Waals surface area contributed by atoms with Crippen LogP contribution in [0.1, 0.15) is 22.1 Å². The Hall–Kier alpha value is -3.62. The minimum Gasteiger partial charge on any atom is -0.449 e. The lowest BCUT2D eigenvalue weighted by atomic mass is 9.98. The van der Waals surface area contributed by atoms with E-state index >= 15 is 0 Å². The van der Waals surface area contributed by atoms with E-state index in [1.165, 1.54) is 22.3 Å². The standard InChI is InChI=1S/C25H18N2O2S/c28-25(26-15-7-14-24-27-22-12-5-6-13-23(22)30-24)29-16-21-19-10-3-1-8-17(19)18-9-2-4-11-20(18)21/h1-6,8-13,21H,15-16H2,(H,26,28). The van der Waals surface area contributed by atoms with Gasteiger partial charge in [-0.1, -0.05) is 66.6 Å². The molecule has 0 bridgehead atoms. The number of nitrogens with zero attached hydrogens (tertiary/aromatic N) is 1. The van der Waals surface area contributed by atoms with Gasteiger partial charge in [0.15, 0.2) is 5.01 Å². The molecule has 4 aromatic rings. The highest BCUT2D eigenvalue weighted by molar-refractivity contribution is 7.19. The lowest BCUT2D eigenvalue weighted by molar-refractivity contribution is 0.144. The Balaban J connectivity index is 1.19. The van der Waals surface area contributed by atoms with Gasteiger partial charge >= 0.3 is 6.09 Å². The van der Waals surface area contributed by atoms with Crippen LogP contribution >= 0.6 is 11.3 Å². The van der Waals surface area contributed by atoms with Crippen LogP contribution in [0, 0.1) is 11.8 Å². The van der Waals surface area contributed by atoms with Gasteiger partial charge in [-0.25, -0.2) is 9.78 Å². The first-order valence-corrected chi connectivity index (χ1v) is 10.5. The summed E-state index contributed by atoms with van der Waals surface area (Å²) in [5, 5.41) is 3.44. The summed E-state index contributed by atoms with van der Waals surface area (Å²) in [4.78, 5) is 16.6. The SMILES string of the molecule is O=C(NCC#Cc1nc2ccccc2s1)OCC1c2ccccc2-c2ccccc21. The van der Waals surface area contributed by atoms with Crippen molar-refractivity contribution in [1.82, 2.24) is 10.3 Å². The zero-order valence-corrected chi connectivity index (χ0v) is 16.9. The van der Waals surface area contributed by atoms with Crippen molar-refractivity contribution in [2.24, 2.45) is 0 Å². The number of ether oxygens (including phenoxy) is 1. The summed E-state index contributed by atoms with van der Waals surface area (Å²) in [6.45, 7) is 0.512. The molecule has 0 saturated carbocycles. The van der Waals surface area contributed by atoms with E-state index in [0.29, 0.717) is 6.61 Å². The third kappa shape index (κ3) is 3.54. The second kappa shape index (κ2) is 8.02. The van der Waals surface area contributed by atoms with Gasteiger partial charge in [0.1, 0.15) is 6.61 Å². The Kier molecular flexibility index (Phi) is 4.92. The van der Waals surface area contributed by atoms with Crippen molar-refractivity contribution >= 4 is 27.6 Å². The van der Waals surface area contributed by atoms with Gasteiger partial charge < -0.3 is 10.1 Å². The molecule has 1 N–H and O–H groups in total. The van der Waals surface area contributed by atoms with Crippen LogP contribution in [0.25, 0.3) is 21.3 Å². The molecule has 1 amide bonds. The summed E-state index contributed by atoms with van der Waals surface area (Å²) in [5.74, 6) is 5.99. The number of benzene rings is 3. The average molecular weight is 410 g/mol. The average Bonchev–Trinajstić information content (AvgIpc) is 3.34. The van der Waals surface area contributed by atoms with Crippen LogP contribution in [0.5, 0.6) is 0 Å². The number of thiazole rings is 1. The lowest BCUT2D eigenvalue weighted by Crippen LogP contribution is -2.26. The number of fused-ring (bicyclic) bond motifs is 4. The number of nitrogens with one attached hydrogen (secondary N) is 1. The van der Waals surface area contributed by atoms with Crippen LogP contribution in [0.3, 0.4) is 0 Å². The Bertz CT molecular complexity index is 1220. The van der Waals surface area contributed by atoms with Gasteiger partial charge in [0.2, 0.25) is 0 Å². The minimum atomic E-state index is -0.463. The highest BCUT2D eigenvalue weighted by Crippen LogP contribution is 2.44. The Morgan fingerprint density at radius 2 is 1.63 bits per heavy atom. The Morgan fingerprint density at radius 1 is 0.967 bits per heavy atom. The van der Waals surface area contributed by atoms with Gasteiger partial charge in [0.25, 0.3) is 0 Å². The van der Waals surface area contributed by atoms with E-state index in [0.717, 1.165) is 15.2 Å². The van der Waals surface area contributed by atoms with Gasteiger partial charge in [-0.05, 0) is 40.3 Å². The molecule has 0 spiro atoms. The van der Waals surface area contributed by atoms with E-state index in [-0.39, 0.29) is 12.5 Å². The third-order valence-electron chi connectivity index (χ3n) is 5.15. The van der Waals surface area contributed by atoms with Crippen LogP contribution < -0.4 is 5.32 Å². The summed E-state index contributed by atoms with van der Waals surface area (Å²) in [5.41, 5.74) is 5.76. The van der Waals surface area contributed by atoms with Crippen molar-refractivity contribution in [1.29, 1.82) is 0 Å². The van der Waals surface area contributed by atoms with E-state index < -0.39 is 6.09 Å². The molecule has 0 fully saturated rings. The molecule has 30 heavy (non-hydrogen) atoms. The number of carbonyl (C=O) groups excluding carboxylic acids is 1. The summed E-state index contributed by atoms with van der Waals surface area (Å²) < 4.78 is 6.61. The second-order valence-corrected chi connectivity index (χ2v) is 8.00. The number of aromatic nitrogens is 1. The van der Waals surface area contributed by atoms with Crippen molar-refractivity contribution < 1.29 is 9.53 Å². The molecule has 1 aliphatic carbocycles. The molecule has 1 aromatic heterocycles. The highest BCUT2D eigenvalue weighted by atomic mass is 32.1. The first kappa shape index (κ1) is 18.4. The van der Waals surface area contributed by atoms with Crippen molar-refractivity contribution in [3.63, 3.8) is 0 Å². The predicted molar refractivity (Wildman–Crippen MR) is 120 cm³/mol. The van der Waals surface area contributed by atoms with Gasteiger partial charge in [-0.3, -0.25) is 0 Å². The van der Waals surface area contributed by atoms with Gasteiger partial charge in [0.05, 0.1) is 16.8 Å². The van der Waals surface area contributed by atoms with Crippen molar-refractivity contribution in [3.8, 4) is 23.0 Å². The number of para-hydroxylation sites is 1. The fourth-order valence-electron chi connectivity index (χ4n) is 3.81. The topological polar surface area (TPSA) is 51.2 Å². The van der Waals surface area contributed by atoms with Gasteiger partial charge in [-0.2, -0.15) is 0 Å². The largest absolute Gasteiger partial charge is 0.449 e. The first-order chi connectivity index (χ1) is 14.8. The molecule has 0 radical (unpaired) electrons. The van der Waals surface area contributed by atoms with Crippen LogP contribution in [-0.4, -0.2) is 24.2 Å². The smallest absolute Gasteiger partial charge is 0.407 e. The maximum absolute atomic E-state index is 12.2. The molecule has 1 aliphatic rings. The zero-order valence-electron chi connectivity index (χ0n) is 16.1. The number of carbonyl (C=O) groups is 1. The van der Waals surface area contributed by atoms with Crippen molar-refractivity contribution in [2.75, 3.05) is 13.2 Å². The van der Waals surface area contributed by atoms with E-state index in [1.807, 2.05) is 48.5 Å². The van der Waals surface area contributed by atoms with Crippen molar-refractivity contribution in [2.45, 2.75) is 5.92 Å². The van der Waals surface area contributed by atoms with Gasteiger partial charge in [0, 0.05) is 5.92 Å². The Labute approximate surface area is 178 Å². The molecule has 0 atom stereocenters. The van der Waals surface area contributed by atoms with E-state index in [4.69, 9.17) is 4.74 Å². The van der Waals surface area contributed by atoms with E-state index in [1.54, 1.807) is 11.3 Å². The normalized spacial score (nSPS) is 12.0. The quantitative estimate of drug-likeness (QED) is 0.473. The fourth-order valence-corrected chi connectivity index (χ4v) is 4.65. The molecule has 1 heterocycles. The molecule has 0 saturated heterocycles. The number of rotatable bonds is 3. The number of hydrogen-bond donors (Lipinski definition) is 1. The second-order valence-electron chi connectivity index (χ2n) is 6.97. The lowest BCUT2D eigenvalue weighted by Gasteiger charge is -2.14. The third-order valence-corrected chi connectivity index (χ3v) is 6.11. The number of hydrogen-bond acceptors (Lipinski definition) is 4. The summed E-state index contributed by atoms with van der Waals surface area (Å²) in [6.07, 6.45) is -0.463. The molecule has 0 aliphatic heterocycles. The van der Waals surface area contributed by atoms with Crippen LogP contribution in [-0.2, 0) is 4.74 Å². The molecular formula is C25H18N2O2S. The number of amides is 1. The number of alkyl carbamates (subject to hydrolysis) is 1. The maximum Gasteiger partial charge on any atom is 0.407 e. The zero-order chi connectivity index (χ0) is 20.3. The van der Waals surface area contributed by atoms with E-state index in [9.17, 15) is 4.79 Å². The van der Waals surface area contributed by atoms with Gasteiger partial charge in [-0.15, -0.1) is 11.3 Å². The maximum atomic E-state index is 12.2. The fraction of sp³-hybridized carbons (Fsp3) is 0.120. The first-order valence-electron chi connectivity index (χ1n) is 9.73. The predicted octanol–water partition coefficient (Wildman–Crippen LogP) is 5.19.